The van der Waals surface area contributed by atoms with Gasteiger partial charge in [0.2, 0.25) is 0 Å². The number of rotatable bonds is 4. The van der Waals surface area contributed by atoms with Crippen LogP contribution >= 0.6 is 0 Å². The van der Waals surface area contributed by atoms with Crippen molar-refractivity contribution in [1.82, 2.24) is 5.32 Å². The molecule has 2 N–H and O–H groups in total. The Morgan fingerprint density at radius 3 is 2.35 bits per heavy atom. The van der Waals surface area contributed by atoms with Gasteiger partial charge in [-0.2, -0.15) is 0 Å². The lowest BCUT2D eigenvalue weighted by Crippen LogP contribution is -2.39. The van der Waals surface area contributed by atoms with Gasteiger partial charge in [0.25, 0.3) is 0 Å². The van der Waals surface area contributed by atoms with Crippen LogP contribution in [0.3, 0.4) is 0 Å². The molecular weight excluding hydrogens is 214 g/mol. The van der Waals surface area contributed by atoms with Gasteiger partial charge >= 0.3 is 5.97 Å². The van der Waals surface area contributed by atoms with Crippen LogP contribution < -0.4 is 5.32 Å². The van der Waals surface area contributed by atoms with Crippen LogP contribution in [0.2, 0.25) is 0 Å². The van der Waals surface area contributed by atoms with Crippen molar-refractivity contribution in [3.8, 4) is 0 Å². The fourth-order valence-corrected chi connectivity index (χ4v) is 3.62. The number of hydrogen-bond donors (Lipinski definition) is 2. The van der Waals surface area contributed by atoms with E-state index in [1.807, 2.05) is 0 Å². The largest absolute Gasteiger partial charge is 0.481 e. The van der Waals surface area contributed by atoms with E-state index in [-0.39, 0.29) is 6.42 Å². The van der Waals surface area contributed by atoms with Crippen LogP contribution in [0.25, 0.3) is 0 Å². The average Bonchev–Trinajstić information content (AvgIpc) is 2.33. The van der Waals surface area contributed by atoms with Gasteiger partial charge in [-0.25, -0.2) is 0 Å². The fraction of sp³-hybridized carbons (Fsp3) is 0.929. The van der Waals surface area contributed by atoms with E-state index >= 15 is 0 Å². The molecule has 2 rings (SSSR count). The number of aliphatic carboxylic acids is 1. The minimum atomic E-state index is -0.697. The molecule has 0 bridgehead atoms. The second kappa shape index (κ2) is 5.85. The molecule has 98 valence electrons. The molecule has 2 aliphatic carbocycles. The van der Waals surface area contributed by atoms with Crippen molar-refractivity contribution in [3.05, 3.63) is 0 Å². The lowest BCUT2D eigenvalue weighted by atomic mass is 9.64. The van der Waals surface area contributed by atoms with Crippen molar-refractivity contribution < 1.29 is 9.90 Å². The maximum absolute atomic E-state index is 10.4. The summed E-state index contributed by atoms with van der Waals surface area (Å²) in [7, 11) is 0. The molecule has 0 unspecified atom stereocenters. The Kier molecular flexibility index (Phi) is 4.43. The zero-order chi connectivity index (χ0) is 12.1. The smallest absolute Gasteiger partial charge is 0.304 e. The molecule has 2 fully saturated rings. The minimum Gasteiger partial charge on any atom is -0.481 e. The van der Waals surface area contributed by atoms with Gasteiger partial charge in [-0.1, -0.05) is 19.3 Å². The van der Waals surface area contributed by atoms with Crippen molar-refractivity contribution in [2.24, 2.45) is 5.41 Å². The molecule has 0 aromatic rings. The molecule has 0 aliphatic heterocycles. The Bertz CT molecular complexity index is 249. The summed E-state index contributed by atoms with van der Waals surface area (Å²) in [6.45, 7) is 0.632. The monoisotopic (exact) mass is 239 g/mol. The van der Waals surface area contributed by atoms with Gasteiger partial charge in [0.1, 0.15) is 0 Å². The molecule has 3 nitrogen and oxygen atoms in total. The highest BCUT2D eigenvalue weighted by Gasteiger charge is 2.35. The molecular formula is C14H25NO2. The highest BCUT2D eigenvalue weighted by Crippen LogP contribution is 2.47. The third-order valence-electron chi connectivity index (χ3n) is 4.73. The van der Waals surface area contributed by atoms with Crippen LogP contribution in [-0.2, 0) is 4.79 Å². The maximum Gasteiger partial charge on any atom is 0.304 e. The van der Waals surface area contributed by atoms with Gasteiger partial charge in [0.05, 0.1) is 6.42 Å². The SMILES string of the molecule is O=C(O)CCNC1CCC2(CCCCC2)CC1. The van der Waals surface area contributed by atoms with Crippen LogP contribution in [0.15, 0.2) is 0 Å². The minimum absolute atomic E-state index is 0.252. The van der Waals surface area contributed by atoms with E-state index in [1.165, 1.54) is 57.8 Å². The first-order chi connectivity index (χ1) is 8.20. The molecule has 3 heteroatoms. The van der Waals surface area contributed by atoms with Gasteiger partial charge in [-0.05, 0) is 43.9 Å². The van der Waals surface area contributed by atoms with E-state index in [2.05, 4.69) is 5.32 Å². The van der Waals surface area contributed by atoms with Gasteiger partial charge in [-0.15, -0.1) is 0 Å². The van der Waals surface area contributed by atoms with Gasteiger partial charge in [-0.3, -0.25) is 4.79 Å². The molecule has 0 heterocycles. The summed E-state index contributed by atoms with van der Waals surface area (Å²) < 4.78 is 0. The Balaban J connectivity index is 1.68. The van der Waals surface area contributed by atoms with Crippen molar-refractivity contribution in [3.63, 3.8) is 0 Å². The molecule has 0 amide bonds. The fourth-order valence-electron chi connectivity index (χ4n) is 3.62. The highest BCUT2D eigenvalue weighted by molar-refractivity contribution is 5.66. The highest BCUT2D eigenvalue weighted by atomic mass is 16.4. The summed E-state index contributed by atoms with van der Waals surface area (Å²) >= 11 is 0. The Morgan fingerprint density at radius 2 is 1.76 bits per heavy atom. The summed E-state index contributed by atoms with van der Waals surface area (Å²) in [5.41, 5.74) is 0.670. The summed E-state index contributed by atoms with van der Waals surface area (Å²) in [6.07, 6.45) is 12.6. The molecule has 0 aromatic carbocycles. The van der Waals surface area contributed by atoms with Crippen molar-refractivity contribution >= 4 is 5.97 Å². The second-order valence-electron chi connectivity index (χ2n) is 5.93. The van der Waals surface area contributed by atoms with Crippen molar-refractivity contribution in [1.29, 1.82) is 0 Å². The standard InChI is InChI=1S/C14H25NO2/c16-13(17)6-11-15-12-4-9-14(10-5-12)7-2-1-3-8-14/h12,15H,1-11H2,(H,16,17). The lowest BCUT2D eigenvalue weighted by molar-refractivity contribution is -0.136. The number of carboxylic acid groups (broad SMARTS) is 1. The van der Waals surface area contributed by atoms with E-state index in [0.717, 1.165) is 0 Å². The van der Waals surface area contributed by atoms with Crippen LogP contribution in [0, 0.1) is 5.41 Å². The second-order valence-corrected chi connectivity index (χ2v) is 5.93. The molecule has 1 spiro atoms. The van der Waals surface area contributed by atoms with Crippen LogP contribution in [0.5, 0.6) is 0 Å². The Morgan fingerprint density at radius 1 is 1.12 bits per heavy atom. The van der Waals surface area contributed by atoms with Crippen LogP contribution in [-0.4, -0.2) is 23.7 Å². The maximum atomic E-state index is 10.4. The van der Waals surface area contributed by atoms with Crippen molar-refractivity contribution in [2.45, 2.75) is 70.3 Å². The number of carbonyl (C=O) groups is 1. The van der Waals surface area contributed by atoms with Crippen molar-refractivity contribution in [2.75, 3.05) is 6.54 Å². The zero-order valence-electron chi connectivity index (χ0n) is 10.7. The third-order valence-corrected chi connectivity index (χ3v) is 4.73. The Labute approximate surface area is 104 Å². The predicted molar refractivity (Wildman–Crippen MR) is 68.0 cm³/mol. The molecule has 0 aromatic heterocycles. The average molecular weight is 239 g/mol. The number of carboxylic acids is 1. The first-order valence-electron chi connectivity index (χ1n) is 7.15. The van der Waals surface area contributed by atoms with E-state index in [9.17, 15) is 4.79 Å². The zero-order valence-corrected chi connectivity index (χ0v) is 10.7. The Hall–Kier alpha value is -0.570. The van der Waals surface area contributed by atoms with Gasteiger partial charge in [0, 0.05) is 12.6 Å². The summed E-state index contributed by atoms with van der Waals surface area (Å²) in [5.74, 6) is -0.697. The first kappa shape index (κ1) is 12.9. The van der Waals surface area contributed by atoms with E-state index < -0.39 is 5.97 Å². The topological polar surface area (TPSA) is 49.3 Å². The van der Waals surface area contributed by atoms with E-state index in [1.54, 1.807) is 0 Å². The molecule has 0 saturated heterocycles. The molecule has 0 radical (unpaired) electrons. The quantitative estimate of drug-likeness (QED) is 0.793. The lowest BCUT2D eigenvalue weighted by Gasteiger charge is -2.43. The molecule has 2 saturated carbocycles. The predicted octanol–water partition coefficient (Wildman–Crippen LogP) is 2.94. The van der Waals surface area contributed by atoms with Gasteiger partial charge in [0.15, 0.2) is 0 Å². The third kappa shape index (κ3) is 3.70. The summed E-state index contributed by atoms with van der Waals surface area (Å²) in [5, 5.41) is 12.0. The molecule has 0 atom stereocenters. The number of hydrogen-bond acceptors (Lipinski definition) is 2. The van der Waals surface area contributed by atoms with E-state index in [4.69, 9.17) is 5.11 Å². The van der Waals surface area contributed by atoms with Crippen LogP contribution in [0.4, 0.5) is 0 Å². The van der Waals surface area contributed by atoms with Gasteiger partial charge < -0.3 is 10.4 Å². The molecule has 2 aliphatic rings. The summed E-state index contributed by atoms with van der Waals surface area (Å²) in [4.78, 5) is 10.4. The first-order valence-corrected chi connectivity index (χ1v) is 7.15. The van der Waals surface area contributed by atoms with Crippen LogP contribution in [0.1, 0.15) is 64.2 Å². The normalized spacial score (nSPS) is 24.9. The van der Waals surface area contributed by atoms with E-state index in [0.29, 0.717) is 18.0 Å². The number of nitrogens with one attached hydrogen (secondary N) is 1. The summed E-state index contributed by atoms with van der Waals surface area (Å²) in [6, 6.07) is 0.571. The molecule has 17 heavy (non-hydrogen) atoms.